The van der Waals surface area contributed by atoms with E-state index in [0.29, 0.717) is 12.5 Å². The van der Waals surface area contributed by atoms with Crippen molar-refractivity contribution in [2.45, 2.75) is 50.6 Å². The van der Waals surface area contributed by atoms with Crippen LogP contribution >= 0.6 is 23.1 Å². The maximum Gasteiger partial charge on any atom is 0.263 e. The number of fused-ring (bicyclic) bond motifs is 3. The lowest BCUT2D eigenvalue weighted by molar-refractivity contribution is 0.509. The zero-order valence-electron chi connectivity index (χ0n) is 15.8. The molecule has 3 aromatic rings. The molecule has 0 saturated heterocycles. The van der Waals surface area contributed by atoms with Crippen molar-refractivity contribution in [1.29, 1.82) is 0 Å². The summed E-state index contributed by atoms with van der Waals surface area (Å²) < 4.78 is 1.79. The van der Waals surface area contributed by atoms with Crippen molar-refractivity contribution in [2.75, 3.05) is 0 Å². The van der Waals surface area contributed by atoms with Gasteiger partial charge in [-0.25, -0.2) is 4.98 Å². The molecule has 0 amide bonds. The molecule has 1 aliphatic carbocycles. The zero-order valence-corrected chi connectivity index (χ0v) is 17.5. The highest BCUT2D eigenvalue weighted by Gasteiger charge is 2.24. The van der Waals surface area contributed by atoms with Crippen LogP contribution in [0.2, 0.25) is 0 Å². The number of nitrogens with zero attached hydrogens (tertiary/aromatic N) is 2. The molecule has 1 aliphatic rings. The molecule has 0 bridgehead atoms. The Bertz CT molecular complexity index is 1060. The Balaban J connectivity index is 1.76. The minimum atomic E-state index is 0.0960. The molecule has 0 fully saturated rings. The highest BCUT2D eigenvalue weighted by molar-refractivity contribution is 7.98. The van der Waals surface area contributed by atoms with E-state index >= 15 is 0 Å². The Labute approximate surface area is 168 Å². The van der Waals surface area contributed by atoms with Crippen molar-refractivity contribution in [3.05, 3.63) is 68.8 Å². The first-order valence-electron chi connectivity index (χ1n) is 9.41. The first-order valence-corrected chi connectivity index (χ1v) is 11.2. The van der Waals surface area contributed by atoms with E-state index in [1.54, 1.807) is 33.7 Å². The molecule has 0 N–H and O–H groups in total. The molecule has 0 radical (unpaired) electrons. The fourth-order valence-corrected chi connectivity index (χ4v) is 6.13. The van der Waals surface area contributed by atoms with Gasteiger partial charge >= 0.3 is 0 Å². The van der Waals surface area contributed by atoms with E-state index in [0.717, 1.165) is 40.4 Å². The van der Waals surface area contributed by atoms with E-state index < -0.39 is 0 Å². The summed E-state index contributed by atoms with van der Waals surface area (Å²) in [5.74, 6) is 1.50. The number of rotatable bonds is 5. The van der Waals surface area contributed by atoms with Gasteiger partial charge in [-0.05, 0) is 43.2 Å². The maximum atomic E-state index is 13.3. The van der Waals surface area contributed by atoms with Gasteiger partial charge in [-0.2, -0.15) is 0 Å². The molecule has 140 valence electrons. The molecular formula is C22H24N2OS2. The van der Waals surface area contributed by atoms with Gasteiger partial charge < -0.3 is 0 Å². The lowest BCUT2D eigenvalue weighted by atomic mass is 9.89. The van der Waals surface area contributed by atoms with E-state index in [4.69, 9.17) is 4.98 Å². The predicted octanol–water partition coefficient (Wildman–Crippen LogP) is 5.37. The standard InChI is InChI=1S/C22H24N2OS2/c1-4-10-24-21(25)19-17-9-8-15(3)12-18(17)27-20(19)23-22(24)26-13-16-7-5-6-14(2)11-16/h4-7,11,15H,1,8-10,12-13H2,2-3H3/t15-/m1/s1. The molecular weight excluding hydrogens is 372 g/mol. The van der Waals surface area contributed by atoms with Gasteiger partial charge in [0.1, 0.15) is 4.83 Å². The summed E-state index contributed by atoms with van der Waals surface area (Å²) in [6.45, 7) is 8.73. The number of hydrogen-bond donors (Lipinski definition) is 0. The van der Waals surface area contributed by atoms with Crippen LogP contribution in [0.3, 0.4) is 0 Å². The summed E-state index contributed by atoms with van der Waals surface area (Å²) in [6, 6.07) is 8.49. The van der Waals surface area contributed by atoms with Crippen LogP contribution in [0.1, 0.15) is 34.9 Å². The third-order valence-electron chi connectivity index (χ3n) is 5.14. The van der Waals surface area contributed by atoms with Crippen molar-refractivity contribution in [1.82, 2.24) is 9.55 Å². The average Bonchev–Trinajstić information content (AvgIpc) is 3.00. The van der Waals surface area contributed by atoms with Gasteiger partial charge in [0.2, 0.25) is 0 Å². The van der Waals surface area contributed by atoms with Crippen LogP contribution in [0.25, 0.3) is 10.2 Å². The van der Waals surface area contributed by atoms with E-state index in [1.165, 1.54) is 21.6 Å². The van der Waals surface area contributed by atoms with Crippen LogP contribution in [-0.2, 0) is 25.1 Å². The highest BCUT2D eigenvalue weighted by atomic mass is 32.2. The molecule has 0 aliphatic heterocycles. The van der Waals surface area contributed by atoms with Crippen molar-refractivity contribution in [3.8, 4) is 0 Å². The number of aromatic nitrogens is 2. The summed E-state index contributed by atoms with van der Waals surface area (Å²) in [6.07, 6.45) is 5.01. The second-order valence-electron chi connectivity index (χ2n) is 7.41. The third-order valence-corrected chi connectivity index (χ3v) is 7.34. The molecule has 5 heteroatoms. The van der Waals surface area contributed by atoms with Gasteiger partial charge in [-0.1, -0.05) is 54.6 Å². The maximum absolute atomic E-state index is 13.3. The number of allylic oxidation sites excluding steroid dienone is 1. The fourth-order valence-electron chi connectivity index (χ4n) is 3.75. The van der Waals surface area contributed by atoms with Crippen LogP contribution in [0.4, 0.5) is 0 Å². The van der Waals surface area contributed by atoms with Gasteiger partial charge in [0.25, 0.3) is 5.56 Å². The van der Waals surface area contributed by atoms with Gasteiger partial charge in [0.05, 0.1) is 5.39 Å². The average molecular weight is 397 g/mol. The summed E-state index contributed by atoms with van der Waals surface area (Å²) in [5.41, 5.74) is 3.84. The zero-order chi connectivity index (χ0) is 19.0. The van der Waals surface area contributed by atoms with E-state index in [2.05, 4.69) is 44.7 Å². The van der Waals surface area contributed by atoms with Crippen LogP contribution in [0, 0.1) is 12.8 Å². The lowest BCUT2D eigenvalue weighted by Gasteiger charge is -2.17. The van der Waals surface area contributed by atoms with E-state index in [1.807, 2.05) is 0 Å². The Morgan fingerprint density at radius 2 is 2.30 bits per heavy atom. The van der Waals surface area contributed by atoms with Crippen molar-refractivity contribution in [2.24, 2.45) is 5.92 Å². The Kier molecular flexibility index (Phi) is 5.24. The normalized spacial score (nSPS) is 16.4. The van der Waals surface area contributed by atoms with Gasteiger partial charge in [-0.15, -0.1) is 17.9 Å². The minimum Gasteiger partial charge on any atom is -0.283 e. The molecule has 0 unspecified atom stereocenters. The van der Waals surface area contributed by atoms with Gasteiger partial charge in [-0.3, -0.25) is 9.36 Å². The second-order valence-corrected chi connectivity index (χ2v) is 9.43. The SMILES string of the molecule is C=CCn1c(SCc2cccc(C)c2)nc2sc3c(c2c1=O)CC[C@@H](C)C3. The smallest absolute Gasteiger partial charge is 0.263 e. The summed E-state index contributed by atoms with van der Waals surface area (Å²) in [4.78, 5) is 20.5. The number of hydrogen-bond acceptors (Lipinski definition) is 4. The molecule has 0 saturated carbocycles. The van der Waals surface area contributed by atoms with Crippen molar-refractivity contribution >= 4 is 33.3 Å². The molecule has 1 aromatic carbocycles. The Hall–Kier alpha value is -1.85. The molecule has 3 nitrogen and oxygen atoms in total. The lowest BCUT2D eigenvalue weighted by Crippen LogP contribution is -2.23. The number of thiophene rings is 1. The number of aryl methyl sites for hydroxylation is 2. The van der Waals surface area contributed by atoms with Crippen molar-refractivity contribution < 1.29 is 0 Å². The molecule has 1 atom stereocenters. The quantitative estimate of drug-likeness (QED) is 0.330. The van der Waals surface area contributed by atoms with Crippen LogP contribution in [0.5, 0.6) is 0 Å². The second kappa shape index (κ2) is 7.64. The van der Waals surface area contributed by atoms with Crippen LogP contribution in [0.15, 0.2) is 46.9 Å². The first-order chi connectivity index (χ1) is 13.1. The highest BCUT2D eigenvalue weighted by Crippen LogP contribution is 2.36. The Morgan fingerprint density at radius 1 is 1.44 bits per heavy atom. The summed E-state index contributed by atoms with van der Waals surface area (Å²) in [5, 5.41) is 1.64. The summed E-state index contributed by atoms with van der Waals surface area (Å²) >= 11 is 3.35. The monoisotopic (exact) mass is 396 g/mol. The fraction of sp³-hybridized carbons (Fsp3) is 0.364. The topological polar surface area (TPSA) is 34.9 Å². The number of thioether (sulfide) groups is 1. The third kappa shape index (κ3) is 3.63. The van der Waals surface area contributed by atoms with Crippen LogP contribution < -0.4 is 5.56 Å². The molecule has 27 heavy (non-hydrogen) atoms. The minimum absolute atomic E-state index is 0.0960. The van der Waals surface area contributed by atoms with E-state index in [-0.39, 0.29) is 5.56 Å². The number of benzene rings is 1. The van der Waals surface area contributed by atoms with Crippen LogP contribution in [-0.4, -0.2) is 9.55 Å². The predicted molar refractivity (Wildman–Crippen MR) is 116 cm³/mol. The first kappa shape index (κ1) is 18.5. The van der Waals surface area contributed by atoms with Gasteiger partial charge in [0.15, 0.2) is 5.16 Å². The van der Waals surface area contributed by atoms with E-state index in [9.17, 15) is 4.79 Å². The van der Waals surface area contributed by atoms with Gasteiger partial charge in [0, 0.05) is 17.2 Å². The summed E-state index contributed by atoms with van der Waals surface area (Å²) in [7, 11) is 0. The molecule has 2 aromatic heterocycles. The molecule has 4 rings (SSSR count). The Morgan fingerprint density at radius 3 is 3.07 bits per heavy atom. The molecule has 2 heterocycles. The molecule has 0 spiro atoms. The largest absolute Gasteiger partial charge is 0.283 e. The van der Waals surface area contributed by atoms with Crippen molar-refractivity contribution in [3.63, 3.8) is 0 Å².